The molecule has 0 aromatic heterocycles. The number of carbonyl (C=O) groups is 1. The van der Waals surface area contributed by atoms with Gasteiger partial charge in [0.1, 0.15) is 0 Å². The van der Waals surface area contributed by atoms with Crippen molar-refractivity contribution in [1.29, 1.82) is 0 Å². The van der Waals surface area contributed by atoms with Gasteiger partial charge in [-0.25, -0.2) is 0 Å². The monoisotopic (exact) mass is 237 g/mol. The summed E-state index contributed by atoms with van der Waals surface area (Å²) in [6.07, 6.45) is 3.20. The average molecular weight is 238 g/mol. The predicted octanol–water partition coefficient (Wildman–Crippen LogP) is 3.53. The highest BCUT2D eigenvalue weighted by Crippen LogP contribution is 2.35. The number of halogens is 1. The van der Waals surface area contributed by atoms with Crippen molar-refractivity contribution in [3.8, 4) is 0 Å². The lowest BCUT2D eigenvalue weighted by Gasteiger charge is -2.33. The first-order chi connectivity index (χ1) is 7.54. The van der Waals surface area contributed by atoms with Crippen molar-refractivity contribution in [2.75, 3.05) is 11.4 Å². The van der Waals surface area contributed by atoms with E-state index in [4.69, 9.17) is 11.6 Å². The molecule has 1 aliphatic heterocycles. The molecule has 0 atom stereocenters. The summed E-state index contributed by atoms with van der Waals surface area (Å²) in [6, 6.07) is 5.65. The highest BCUT2D eigenvalue weighted by molar-refractivity contribution is 6.33. The zero-order valence-corrected chi connectivity index (χ0v) is 10.4. The van der Waals surface area contributed by atoms with E-state index >= 15 is 0 Å². The number of hydrogen-bond acceptors (Lipinski definition) is 2. The lowest BCUT2D eigenvalue weighted by Crippen LogP contribution is -2.38. The second-order valence-corrected chi connectivity index (χ2v) is 5.30. The summed E-state index contributed by atoms with van der Waals surface area (Å²) >= 11 is 6.04. The first-order valence-electron chi connectivity index (χ1n) is 5.57. The van der Waals surface area contributed by atoms with Crippen LogP contribution in [0, 0.1) is 0 Å². The fraction of sp³-hybridized carbons (Fsp3) is 0.462. The van der Waals surface area contributed by atoms with E-state index in [1.807, 2.05) is 12.1 Å². The van der Waals surface area contributed by atoms with Crippen molar-refractivity contribution in [2.24, 2.45) is 0 Å². The molecule has 0 unspecified atom stereocenters. The lowest BCUT2D eigenvalue weighted by atomic mass is 10.0. The van der Waals surface area contributed by atoms with Gasteiger partial charge in [-0.15, -0.1) is 0 Å². The van der Waals surface area contributed by atoms with Crippen LogP contribution in [0.3, 0.4) is 0 Å². The quantitative estimate of drug-likeness (QED) is 0.734. The van der Waals surface area contributed by atoms with Crippen LogP contribution in [0.5, 0.6) is 0 Å². The van der Waals surface area contributed by atoms with Crippen LogP contribution in [0.25, 0.3) is 0 Å². The van der Waals surface area contributed by atoms with E-state index in [1.54, 1.807) is 6.07 Å². The molecular weight excluding hydrogens is 222 g/mol. The van der Waals surface area contributed by atoms with Crippen LogP contribution in [-0.2, 0) is 0 Å². The van der Waals surface area contributed by atoms with Gasteiger partial charge >= 0.3 is 0 Å². The van der Waals surface area contributed by atoms with Gasteiger partial charge < -0.3 is 4.90 Å². The Morgan fingerprint density at radius 3 is 2.69 bits per heavy atom. The molecule has 0 bridgehead atoms. The zero-order chi connectivity index (χ0) is 11.8. The van der Waals surface area contributed by atoms with E-state index in [-0.39, 0.29) is 5.54 Å². The van der Waals surface area contributed by atoms with Crippen LogP contribution in [-0.4, -0.2) is 18.4 Å². The van der Waals surface area contributed by atoms with Crippen molar-refractivity contribution in [1.82, 2.24) is 0 Å². The SMILES string of the molecule is CC1(C)CCCN1c1ccc(C=O)c(Cl)c1. The summed E-state index contributed by atoms with van der Waals surface area (Å²) in [5, 5.41) is 0.537. The molecule has 16 heavy (non-hydrogen) atoms. The van der Waals surface area contributed by atoms with Gasteiger partial charge in [-0.2, -0.15) is 0 Å². The van der Waals surface area contributed by atoms with Crippen LogP contribution >= 0.6 is 11.6 Å². The maximum atomic E-state index is 10.7. The van der Waals surface area contributed by atoms with Crippen LogP contribution in [0.4, 0.5) is 5.69 Å². The van der Waals surface area contributed by atoms with E-state index in [2.05, 4.69) is 18.7 Å². The predicted molar refractivity (Wildman–Crippen MR) is 67.5 cm³/mol. The topological polar surface area (TPSA) is 20.3 Å². The molecule has 2 rings (SSSR count). The van der Waals surface area contributed by atoms with Crippen LogP contribution < -0.4 is 4.90 Å². The van der Waals surface area contributed by atoms with E-state index in [1.165, 1.54) is 12.8 Å². The van der Waals surface area contributed by atoms with Gasteiger partial charge in [0, 0.05) is 23.3 Å². The lowest BCUT2D eigenvalue weighted by molar-refractivity contribution is 0.112. The number of hydrogen-bond donors (Lipinski definition) is 0. The van der Waals surface area contributed by atoms with Gasteiger partial charge in [0.25, 0.3) is 0 Å². The first-order valence-corrected chi connectivity index (χ1v) is 5.95. The Morgan fingerprint density at radius 2 is 2.19 bits per heavy atom. The Balaban J connectivity index is 2.34. The van der Waals surface area contributed by atoms with Gasteiger partial charge in [-0.1, -0.05) is 11.6 Å². The van der Waals surface area contributed by atoms with Gasteiger partial charge in [0.05, 0.1) is 5.02 Å². The molecule has 1 saturated heterocycles. The van der Waals surface area contributed by atoms with E-state index in [0.29, 0.717) is 10.6 Å². The molecule has 1 aromatic rings. The fourth-order valence-corrected chi connectivity index (χ4v) is 2.58. The Labute approximate surface area is 101 Å². The smallest absolute Gasteiger partial charge is 0.151 e. The minimum atomic E-state index is 0.187. The minimum Gasteiger partial charge on any atom is -0.366 e. The van der Waals surface area contributed by atoms with E-state index in [0.717, 1.165) is 18.5 Å². The van der Waals surface area contributed by atoms with Crippen LogP contribution in [0.1, 0.15) is 37.0 Å². The Kier molecular flexibility index (Phi) is 2.94. The van der Waals surface area contributed by atoms with Crippen molar-refractivity contribution >= 4 is 23.6 Å². The third-order valence-electron chi connectivity index (χ3n) is 3.32. The molecule has 0 N–H and O–H groups in total. The maximum Gasteiger partial charge on any atom is 0.151 e. The molecule has 2 nitrogen and oxygen atoms in total. The second-order valence-electron chi connectivity index (χ2n) is 4.89. The van der Waals surface area contributed by atoms with E-state index in [9.17, 15) is 4.79 Å². The third-order valence-corrected chi connectivity index (χ3v) is 3.65. The zero-order valence-electron chi connectivity index (χ0n) is 9.66. The molecule has 1 fully saturated rings. The summed E-state index contributed by atoms with van der Waals surface area (Å²) in [6.45, 7) is 5.53. The molecule has 0 saturated carbocycles. The van der Waals surface area contributed by atoms with Gasteiger partial charge in [-0.05, 0) is 44.9 Å². The van der Waals surface area contributed by atoms with Crippen molar-refractivity contribution < 1.29 is 4.79 Å². The summed E-state index contributed by atoms with van der Waals surface area (Å²) < 4.78 is 0. The highest BCUT2D eigenvalue weighted by atomic mass is 35.5. The molecule has 1 aliphatic rings. The highest BCUT2D eigenvalue weighted by Gasteiger charge is 2.31. The standard InChI is InChI=1S/C13H16ClNO/c1-13(2)6-3-7-15(13)11-5-4-10(9-16)12(14)8-11/h4-5,8-9H,3,6-7H2,1-2H3. The van der Waals surface area contributed by atoms with Crippen LogP contribution in [0.2, 0.25) is 5.02 Å². The molecule has 3 heteroatoms. The van der Waals surface area contributed by atoms with Crippen LogP contribution in [0.15, 0.2) is 18.2 Å². The summed E-state index contributed by atoms with van der Waals surface area (Å²) in [5.41, 5.74) is 1.85. The molecule has 0 spiro atoms. The molecular formula is C13H16ClNO. The number of nitrogens with zero attached hydrogens (tertiary/aromatic N) is 1. The van der Waals surface area contributed by atoms with Crippen molar-refractivity contribution in [3.63, 3.8) is 0 Å². The van der Waals surface area contributed by atoms with Gasteiger partial charge in [-0.3, -0.25) is 4.79 Å². The number of anilines is 1. The number of rotatable bonds is 2. The summed E-state index contributed by atoms with van der Waals surface area (Å²) in [4.78, 5) is 13.0. The Hall–Kier alpha value is -1.02. The van der Waals surface area contributed by atoms with Gasteiger partial charge in [0.2, 0.25) is 0 Å². The molecule has 0 radical (unpaired) electrons. The second kappa shape index (κ2) is 4.10. The van der Waals surface area contributed by atoms with Gasteiger partial charge in [0.15, 0.2) is 6.29 Å². The Bertz CT molecular complexity index is 414. The third kappa shape index (κ3) is 1.94. The summed E-state index contributed by atoms with van der Waals surface area (Å²) in [5.74, 6) is 0. The molecule has 0 amide bonds. The largest absolute Gasteiger partial charge is 0.366 e. The first kappa shape index (κ1) is 11.5. The van der Waals surface area contributed by atoms with E-state index < -0.39 is 0 Å². The summed E-state index contributed by atoms with van der Waals surface area (Å²) in [7, 11) is 0. The molecule has 86 valence electrons. The van der Waals surface area contributed by atoms with Crippen molar-refractivity contribution in [2.45, 2.75) is 32.2 Å². The normalized spacial score (nSPS) is 18.8. The molecule has 1 heterocycles. The number of benzene rings is 1. The Morgan fingerprint density at radius 1 is 1.44 bits per heavy atom. The average Bonchev–Trinajstić information content (AvgIpc) is 2.58. The maximum absolute atomic E-state index is 10.7. The fourth-order valence-electron chi connectivity index (χ4n) is 2.37. The minimum absolute atomic E-state index is 0.187. The number of carbonyl (C=O) groups excluding carboxylic acids is 1. The van der Waals surface area contributed by atoms with Crippen molar-refractivity contribution in [3.05, 3.63) is 28.8 Å². The number of aldehydes is 1. The molecule has 0 aliphatic carbocycles. The molecule has 1 aromatic carbocycles.